The third kappa shape index (κ3) is 1.38. The van der Waals surface area contributed by atoms with E-state index in [4.69, 9.17) is 5.41 Å². The Kier molecular flexibility index (Phi) is 1.92. The molecule has 2 atom stereocenters. The quantitative estimate of drug-likeness (QED) is 0.686. The Balaban J connectivity index is 2.29. The van der Waals surface area contributed by atoms with Gasteiger partial charge in [0, 0.05) is 5.25 Å². The average Bonchev–Trinajstić information content (AvgIpc) is 2.39. The molecule has 2 aliphatic rings. The second-order valence-corrected chi connectivity index (χ2v) is 6.58. The summed E-state index contributed by atoms with van der Waals surface area (Å²) in [6, 6.07) is -0.0556. The monoisotopic (exact) mass is 218 g/mol. The molecule has 2 saturated heterocycles. The predicted molar refractivity (Wildman–Crippen MR) is 53.6 cm³/mol. The van der Waals surface area contributed by atoms with Crippen molar-refractivity contribution in [2.75, 3.05) is 11.5 Å². The SMILES string of the molecule is C=CN1C(=N)S[C@H]2CS(=O)(=O)C[C@@H]21. The van der Waals surface area contributed by atoms with E-state index in [2.05, 4.69) is 6.58 Å². The van der Waals surface area contributed by atoms with E-state index >= 15 is 0 Å². The zero-order valence-electron chi connectivity index (χ0n) is 6.93. The summed E-state index contributed by atoms with van der Waals surface area (Å²) in [6.07, 6.45) is 1.54. The third-order valence-corrected chi connectivity index (χ3v) is 5.47. The lowest BCUT2D eigenvalue weighted by molar-refractivity contribution is 0.463. The van der Waals surface area contributed by atoms with Crippen LogP contribution < -0.4 is 0 Å². The van der Waals surface area contributed by atoms with E-state index < -0.39 is 9.84 Å². The summed E-state index contributed by atoms with van der Waals surface area (Å²) in [5.74, 6) is 0.369. The number of amidine groups is 1. The molecule has 2 heterocycles. The summed E-state index contributed by atoms with van der Waals surface area (Å²) in [5.41, 5.74) is 0. The Morgan fingerprint density at radius 2 is 2.31 bits per heavy atom. The molecule has 4 nitrogen and oxygen atoms in total. The summed E-state index contributed by atoms with van der Waals surface area (Å²) in [5, 5.41) is 8.01. The highest BCUT2D eigenvalue weighted by molar-refractivity contribution is 8.15. The molecule has 13 heavy (non-hydrogen) atoms. The Morgan fingerprint density at radius 3 is 2.92 bits per heavy atom. The Morgan fingerprint density at radius 1 is 1.62 bits per heavy atom. The van der Waals surface area contributed by atoms with Gasteiger partial charge in [0.25, 0.3) is 0 Å². The molecule has 0 bridgehead atoms. The van der Waals surface area contributed by atoms with Crippen LogP contribution in [0.15, 0.2) is 12.8 Å². The highest BCUT2D eigenvalue weighted by atomic mass is 32.2. The Labute approximate surface area is 81.4 Å². The van der Waals surface area contributed by atoms with Gasteiger partial charge in [-0.15, -0.1) is 0 Å². The van der Waals surface area contributed by atoms with Crippen molar-refractivity contribution in [3.05, 3.63) is 12.8 Å². The second kappa shape index (κ2) is 2.75. The van der Waals surface area contributed by atoms with Crippen molar-refractivity contribution < 1.29 is 8.42 Å². The van der Waals surface area contributed by atoms with Crippen molar-refractivity contribution in [1.29, 1.82) is 5.41 Å². The molecule has 2 fully saturated rings. The van der Waals surface area contributed by atoms with Crippen molar-refractivity contribution in [1.82, 2.24) is 4.90 Å². The van der Waals surface area contributed by atoms with Crippen LogP contribution in [-0.4, -0.2) is 41.3 Å². The van der Waals surface area contributed by atoms with Gasteiger partial charge < -0.3 is 4.90 Å². The molecule has 2 aliphatic heterocycles. The fourth-order valence-corrected chi connectivity index (χ4v) is 5.53. The minimum atomic E-state index is -2.88. The number of nitrogens with one attached hydrogen (secondary N) is 1. The molecular formula is C7H10N2O2S2. The molecule has 0 unspecified atom stereocenters. The van der Waals surface area contributed by atoms with Gasteiger partial charge in [-0.3, -0.25) is 5.41 Å². The van der Waals surface area contributed by atoms with Crippen molar-refractivity contribution in [2.24, 2.45) is 0 Å². The van der Waals surface area contributed by atoms with Crippen LogP contribution in [0, 0.1) is 5.41 Å². The summed E-state index contributed by atoms with van der Waals surface area (Å²) >= 11 is 1.33. The zero-order valence-corrected chi connectivity index (χ0v) is 8.57. The number of hydrogen-bond donors (Lipinski definition) is 1. The molecule has 0 amide bonds. The van der Waals surface area contributed by atoms with Gasteiger partial charge in [0.2, 0.25) is 0 Å². The van der Waals surface area contributed by atoms with Crippen LogP contribution in [-0.2, 0) is 9.84 Å². The van der Waals surface area contributed by atoms with E-state index in [1.54, 1.807) is 11.1 Å². The third-order valence-electron chi connectivity index (χ3n) is 2.32. The number of fused-ring (bicyclic) bond motifs is 1. The number of sulfone groups is 1. The smallest absolute Gasteiger partial charge is 0.161 e. The molecule has 0 spiro atoms. The normalized spacial score (nSPS) is 36.3. The molecule has 0 aromatic carbocycles. The standard InChI is InChI=1S/C7H10N2O2S2/c1-2-9-5-3-13(10,11)4-6(5)12-7(9)8/h2,5-6,8H,1,3-4H2/t5-,6-/m0/s1. The Bertz CT molecular complexity index is 363. The fourth-order valence-electron chi connectivity index (χ4n) is 1.74. The van der Waals surface area contributed by atoms with Crippen molar-refractivity contribution >= 4 is 26.8 Å². The first-order chi connectivity index (χ1) is 6.03. The maximum atomic E-state index is 11.3. The second-order valence-electron chi connectivity index (χ2n) is 3.20. The van der Waals surface area contributed by atoms with E-state index in [0.29, 0.717) is 5.17 Å². The molecule has 0 aromatic rings. The van der Waals surface area contributed by atoms with Gasteiger partial charge in [-0.25, -0.2) is 8.42 Å². The molecule has 0 aliphatic carbocycles. The molecule has 1 N–H and O–H groups in total. The summed E-state index contributed by atoms with van der Waals surface area (Å²) < 4.78 is 22.5. The number of hydrogen-bond acceptors (Lipinski definition) is 4. The van der Waals surface area contributed by atoms with Gasteiger partial charge in [-0.2, -0.15) is 0 Å². The molecule has 6 heteroatoms. The summed E-state index contributed by atoms with van der Waals surface area (Å²) in [6.45, 7) is 3.58. The molecular weight excluding hydrogens is 208 g/mol. The first kappa shape index (κ1) is 9.08. The lowest BCUT2D eigenvalue weighted by Crippen LogP contribution is -2.32. The van der Waals surface area contributed by atoms with E-state index in [9.17, 15) is 8.42 Å². The topological polar surface area (TPSA) is 61.2 Å². The largest absolute Gasteiger partial charge is 0.323 e. The van der Waals surface area contributed by atoms with Crippen LogP contribution in [0.3, 0.4) is 0 Å². The van der Waals surface area contributed by atoms with E-state index in [-0.39, 0.29) is 22.8 Å². The van der Waals surface area contributed by atoms with Gasteiger partial charge in [0.1, 0.15) is 0 Å². The minimum absolute atomic E-state index is 0.0375. The van der Waals surface area contributed by atoms with E-state index in [1.165, 1.54) is 11.8 Å². The highest BCUT2D eigenvalue weighted by Gasteiger charge is 2.47. The summed E-state index contributed by atoms with van der Waals surface area (Å²) in [4.78, 5) is 1.65. The average molecular weight is 218 g/mol. The Hall–Kier alpha value is -0.490. The lowest BCUT2D eigenvalue weighted by atomic mass is 10.2. The fraction of sp³-hybridized carbons (Fsp3) is 0.571. The predicted octanol–water partition coefficient (Wildman–Crippen LogP) is 0.279. The van der Waals surface area contributed by atoms with E-state index in [1.807, 2.05) is 0 Å². The van der Waals surface area contributed by atoms with Gasteiger partial charge in [0.05, 0.1) is 17.5 Å². The maximum Gasteiger partial charge on any atom is 0.161 e. The number of nitrogens with zero attached hydrogens (tertiary/aromatic N) is 1. The first-order valence-corrected chi connectivity index (χ1v) is 6.60. The van der Waals surface area contributed by atoms with E-state index in [0.717, 1.165) is 0 Å². The maximum absolute atomic E-state index is 11.3. The molecule has 0 saturated carbocycles. The van der Waals surface area contributed by atoms with Gasteiger partial charge >= 0.3 is 0 Å². The van der Waals surface area contributed by atoms with Crippen molar-refractivity contribution in [2.45, 2.75) is 11.3 Å². The van der Waals surface area contributed by atoms with Crippen LogP contribution in [0.25, 0.3) is 0 Å². The van der Waals surface area contributed by atoms with Gasteiger partial charge in [-0.05, 0) is 6.20 Å². The van der Waals surface area contributed by atoms with Crippen LogP contribution >= 0.6 is 11.8 Å². The first-order valence-electron chi connectivity index (χ1n) is 3.90. The van der Waals surface area contributed by atoms with Crippen LogP contribution in [0.2, 0.25) is 0 Å². The van der Waals surface area contributed by atoms with Crippen LogP contribution in [0.4, 0.5) is 0 Å². The van der Waals surface area contributed by atoms with Gasteiger partial charge in [0.15, 0.2) is 15.0 Å². The van der Waals surface area contributed by atoms with Crippen molar-refractivity contribution in [3.8, 4) is 0 Å². The van der Waals surface area contributed by atoms with Crippen molar-refractivity contribution in [3.63, 3.8) is 0 Å². The molecule has 2 rings (SSSR count). The van der Waals surface area contributed by atoms with Crippen LogP contribution in [0.1, 0.15) is 0 Å². The minimum Gasteiger partial charge on any atom is -0.323 e. The number of thioether (sulfide) groups is 1. The number of rotatable bonds is 1. The zero-order chi connectivity index (χ0) is 9.64. The molecule has 72 valence electrons. The molecule has 0 aromatic heterocycles. The van der Waals surface area contributed by atoms with Gasteiger partial charge in [-0.1, -0.05) is 18.3 Å². The highest BCUT2D eigenvalue weighted by Crippen LogP contribution is 2.37. The lowest BCUT2D eigenvalue weighted by Gasteiger charge is -2.17. The molecule has 0 radical (unpaired) electrons. The summed E-state index contributed by atoms with van der Waals surface area (Å²) in [7, 11) is -2.88. The van der Waals surface area contributed by atoms with Crippen LogP contribution in [0.5, 0.6) is 0 Å².